The number of imidazole rings is 1. The van der Waals surface area contributed by atoms with Gasteiger partial charge in [-0.3, -0.25) is 9.13 Å². The number of hydrogen-bond donors (Lipinski definition) is 0. The summed E-state index contributed by atoms with van der Waals surface area (Å²) in [7, 11) is 1.69. The van der Waals surface area contributed by atoms with E-state index in [2.05, 4.69) is 15.2 Å². The molecule has 4 aromatic rings. The third kappa shape index (κ3) is 2.31. The Kier molecular flexibility index (Phi) is 3.38. The largest absolute Gasteiger partial charge is 0.330 e. The topological polar surface area (TPSA) is 65.6 Å². The van der Waals surface area contributed by atoms with Crippen LogP contribution < -0.4 is 5.69 Å². The smallest absolute Gasteiger partial charge is 0.287 e. The molecule has 0 amide bonds. The SMILES string of the molecule is CC(C)n1c(=O)n(C)c2nnc3ccc(-c4ccc(F)nc4)cc3c21. The second-order valence-corrected chi connectivity index (χ2v) is 6.28. The number of benzene rings is 1. The lowest BCUT2D eigenvalue weighted by Gasteiger charge is -2.09. The molecule has 0 N–H and O–H groups in total. The molecular weight excluding hydrogens is 321 g/mol. The molecule has 25 heavy (non-hydrogen) atoms. The van der Waals surface area contributed by atoms with E-state index in [4.69, 9.17) is 0 Å². The molecule has 0 atom stereocenters. The van der Waals surface area contributed by atoms with E-state index in [9.17, 15) is 9.18 Å². The maximum absolute atomic E-state index is 13.1. The Morgan fingerprint density at radius 2 is 1.84 bits per heavy atom. The number of rotatable bonds is 2. The lowest BCUT2D eigenvalue weighted by Crippen LogP contribution is -2.23. The minimum atomic E-state index is -0.519. The number of nitrogens with zero attached hydrogens (tertiary/aromatic N) is 5. The second-order valence-electron chi connectivity index (χ2n) is 6.28. The quantitative estimate of drug-likeness (QED) is 0.527. The van der Waals surface area contributed by atoms with Crippen LogP contribution in [0, 0.1) is 5.95 Å². The van der Waals surface area contributed by atoms with Gasteiger partial charge >= 0.3 is 5.69 Å². The second kappa shape index (κ2) is 5.47. The van der Waals surface area contributed by atoms with Crippen molar-refractivity contribution >= 4 is 22.1 Å². The highest BCUT2D eigenvalue weighted by Crippen LogP contribution is 2.28. The lowest BCUT2D eigenvalue weighted by atomic mass is 10.0. The van der Waals surface area contributed by atoms with Crippen LogP contribution in [0.2, 0.25) is 0 Å². The molecule has 3 aromatic heterocycles. The van der Waals surface area contributed by atoms with E-state index in [1.165, 1.54) is 16.8 Å². The van der Waals surface area contributed by atoms with Crippen LogP contribution in [-0.2, 0) is 7.05 Å². The van der Waals surface area contributed by atoms with Crippen molar-refractivity contribution < 1.29 is 4.39 Å². The van der Waals surface area contributed by atoms with Gasteiger partial charge in [-0.1, -0.05) is 6.07 Å². The average molecular weight is 337 g/mol. The molecule has 1 aromatic carbocycles. The Balaban J connectivity index is 2.09. The first-order valence-corrected chi connectivity index (χ1v) is 7.96. The Bertz CT molecular complexity index is 1160. The van der Waals surface area contributed by atoms with E-state index in [0.29, 0.717) is 11.2 Å². The minimum Gasteiger partial charge on any atom is -0.287 e. The molecule has 6 nitrogen and oxygen atoms in total. The van der Waals surface area contributed by atoms with Gasteiger partial charge in [-0.2, -0.15) is 4.39 Å². The van der Waals surface area contributed by atoms with E-state index in [1.807, 2.05) is 32.0 Å². The molecule has 0 saturated heterocycles. The average Bonchev–Trinajstić information content (AvgIpc) is 2.87. The van der Waals surface area contributed by atoms with Gasteiger partial charge < -0.3 is 0 Å². The first-order chi connectivity index (χ1) is 12.0. The maximum atomic E-state index is 13.1. The number of aromatic nitrogens is 5. The fraction of sp³-hybridized carbons (Fsp3) is 0.222. The van der Waals surface area contributed by atoms with E-state index < -0.39 is 5.95 Å². The van der Waals surface area contributed by atoms with Crippen molar-refractivity contribution in [2.75, 3.05) is 0 Å². The van der Waals surface area contributed by atoms with Crippen LogP contribution in [-0.4, -0.2) is 24.3 Å². The van der Waals surface area contributed by atoms with Gasteiger partial charge in [-0.05, 0) is 43.7 Å². The number of hydrogen-bond acceptors (Lipinski definition) is 4. The molecule has 0 radical (unpaired) electrons. The molecule has 0 aliphatic heterocycles. The summed E-state index contributed by atoms with van der Waals surface area (Å²) >= 11 is 0. The maximum Gasteiger partial charge on any atom is 0.330 e. The zero-order chi connectivity index (χ0) is 17.7. The van der Waals surface area contributed by atoms with E-state index in [-0.39, 0.29) is 11.7 Å². The highest BCUT2D eigenvalue weighted by molar-refractivity contribution is 6.02. The van der Waals surface area contributed by atoms with Crippen LogP contribution in [0.15, 0.2) is 41.3 Å². The van der Waals surface area contributed by atoms with Crippen molar-refractivity contribution in [1.82, 2.24) is 24.3 Å². The normalized spacial score (nSPS) is 11.7. The molecule has 3 heterocycles. The predicted molar refractivity (Wildman–Crippen MR) is 93.8 cm³/mol. The van der Waals surface area contributed by atoms with Gasteiger partial charge in [0, 0.05) is 30.2 Å². The molecule has 0 bridgehead atoms. The van der Waals surface area contributed by atoms with Gasteiger partial charge in [0.15, 0.2) is 5.65 Å². The fourth-order valence-corrected chi connectivity index (χ4v) is 3.10. The third-order valence-corrected chi connectivity index (χ3v) is 4.34. The van der Waals surface area contributed by atoms with Gasteiger partial charge in [0.1, 0.15) is 5.52 Å². The van der Waals surface area contributed by atoms with Crippen LogP contribution in [0.3, 0.4) is 0 Å². The van der Waals surface area contributed by atoms with Gasteiger partial charge in [0.25, 0.3) is 0 Å². The van der Waals surface area contributed by atoms with Gasteiger partial charge in [-0.15, -0.1) is 10.2 Å². The Hall–Kier alpha value is -3.09. The van der Waals surface area contributed by atoms with Gasteiger partial charge in [0.05, 0.1) is 5.52 Å². The molecule has 0 aliphatic carbocycles. The minimum absolute atomic E-state index is 0.0141. The summed E-state index contributed by atoms with van der Waals surface area (Å²) in [6.07, 6.45) is 1.49. The van der Waals surface area contributed by atoms with Gasteiger partial charge in [0.2, 0.25) is 5.95 Å². The Morgan fingerprint density at radius 1 is 1.08 bits per heavy atom. The standard InChI is InChI=1S/C18H16FN5O/c1-10(2)24-16-13-8-11(12-5-7-15(19)20-9-12)4-6-14(13)21-22-17(16)23(3)18(24)25/h4-10H,1-3H3. The van der Waals surface area contributed by atoms with Crippen LogP contribution in [0.1, 0.15) is 19.9 Å². The first kappa shape index (κ1) is 15.4. The van der Waals surface area contributed by atoms with Crippen LogP contribution in [0.25, 0.3) is 33.2 Å². The van der Waals surface area contributed by atoms with E-state index >= 15 is 0 Å². The van der Waals surface area contributed by atoms with Crippen molar-refractivity contribution in [3.63, 3.8) is 0 Å². The van der Waals surface area contributed by atoms with Crippen LogP contribution in [0.5, 0.6) is 0 Å². The third-order valence-electron chi connectivity index (χ3n) is 4.34. The summed E-state index contributed by atoms with van der Waals surface area (Å²) in [5, 5.41) is 9.28. The van der Waals surface area contributed by atoms with Crippen LogP contribution in [0.4, 0.5) is 4.39 Å². The molecule has 0 spiro atoms. The lowest BCUT2D eigenvalue weighted by molar-refractivity contribution is 0.583. The number of aryl methyl sites for hydroxylation is 1. The summed E-state index contributed by atoms with van der Waals surface area (Å²) in [6.45, 7) is 3.92. The molecule has 0 fully saturated rings. The van der Waals surface area contributed by atoms with Crippen molar-refractivity contribution in [3.8, 4) is 11.1 Å². The van der Waals surface area contributed by atoms with E-state index in [0.717, 1.165) is 22.0 Å². The monoisotopic (exact) mass is 337 g/mol. The molecular formula is C18H16FN5O. The summed E-state index contributed by atoms with van der Waals surface area (Å²) in [4.78, 5) is 16.3. The first-order valence-electron chi connectivity index (χ1n) is 7.96. The molecule has 4 rings (SSSR count). The number of fused-ring (bicyclic) bond motifs is 3. The summed E-state index contributed by atoms with van der Waals surface area (Å²) in [5.74, 6) is -0.519. The van der Waals surface area contributed by atoms with Gasteiger partial charge in [-0.25, -0.2) is 9.78 Å². The van der Waals surface area contributed by atoms with Crippen molar-refractivity contribution in [1.29, 1.82) is 0 Å². The highest BCUT2D eigenvalue weighted by atomic mass is 19.1. The Labute approximate surface area is 142 Å². The van der Waals surface area contributed by atoms with Crippen molar-refractivity contribution in [3.05, 3.63) is 53.0 Å². The van der Waals surface area contributed by atoms with E-state index in [1.54, 1.807) is 17.7 Å². The van der Waals surface area contributed by atoms with Crippen molar-refractivity contribution in [2.24, 2.45) is 7.05 Å². The summed E-state index contributed by atoms with van der Waals surface area (Å²) in [6, 6.07) is 8.67. The molecule has 0 aliphatic rings. The summed E-state index contributed by atoms with van der Waals surface area (Å²) in [5.41, 5.74) is 3.54. The highest BCUT2D eigenvalue weighted by Gasteiger charge is 2.18. The number of halogens is 1. The zero-order valence-corrected chi connectivity index (χ0v) is 14.1. The fourth-order valence-electron chi connectivity index (χ4n) is 3.10. The molecule has 126 valence electrons. The zero-order valence-electron chi connectivity index (χ0n) is 14.1. The van der Waals surface area contributed by atoms with Crippen LogP contribution >= 0.6 is 0 Å². The number of pyridine rings is 1. The summed E-state index contributed by atoms with van der Waals surface area (Å²) < 4.78 is 16.3. The van der Waals surface area contributed by atoms with Crippen molar-refractivity contribution in [2.45, 2.75) is 19.9 Å². The predicted octanol–water partition coefficient (Wildman–Crippen LogP) is 3.07. The molecule has 0 saturated carbocycles. The molecule has 0 unspecified atom stereocenters. The molecule has 7 heteroatoms. The Morgan fingerprint density at radius 3 is 2.52 bits per heavy atom.